The summed E-state index contributed by atoms with van der Waals surface area (Å²) in [6.07, 6.45) is -0.551. The average Bonchev–Trinajstić information content (AvgIpc) is 3.52. The average molecular weight is 645 g/mol. The first kappa shape index (κ1) is 31.7. The monoisotopic (exact) mass is 644 g/mol. The molecule has 10 nitrogen and oxygen atoms in total. The molecule has 0 saturated carbocycles. The Morgan fingerprint density at radius 1 is 1.05 bits per heavy atom. The van der Waals surface area contributed by atoms with E-state index < -0.39 is 39.6 Å². The van der Waals surface area contributed by atoms with Crippen LogP contribution in [0.5, 0.6) is 5.75 Å². The first-order valence-electron chi connectivity index (χ1n) is 13.9. The van der Waals surface area contributed by atoms with Gasteiger partial charge in [0.25, 0.3) is 15.9 Å². The molecule has 0 aliphatic carbocycles. The maximum atomic E-state index is 15.2. The topological polar surface area (TPSA) is 99.7 Å². The van der Waals surface area contributed by atoms with Crippen LogP contribution in [-0.4, -0.2) is 83.2 Å². The molecule has 0 spiro atoms. The van der Waals surface area contributed by atoms with E-state index in [0.717, 1.165) is 34.1 Å². The number of ether oxygens (including phenoxy) is 2. The molecule has 234 valence electrons. The minimum atomic E-state index is -4.56. The highest BCUT2D eigenvalue weighted by atomic mass is 35.5. The van der Waals surface area contributed by atoms with Crippen LogP contribution < -0.4 is 9.04 Å². The lowest BCUT2D eigenvalue weighted by atomic mass is 9.80. The van der Waals surface area contributed by atoms with Gasteiger partial charge in [-0.15, -0.1) is 0 Å². The Morgan fingerprint density at radius 2 is 1.75 bits per heavy atom. The van der Waals surface area contributed by atoms with Crippen LogP contribution in [0.2, 0.25) is 5.02 Å². The van der Waals surface area contributed by atoms with Crippen LogP contribution in [0.4, 0.5) is 14.9 Å². The van der Waals surface area contributed by atoms with Gasteiger partial charge >= 0.3 is 6.09 Å². The van der Waals surface area contributed by atoms with E-state index in [9.17, 15) is 17.6 Å². The minimum absolute atomic E-state index is 0.0772. The van der Waals surface area contributed by atoms with Gasteiger partial charge in [-0.1, -0.05) is 17.7 Å². The summed E-state index contributed by atoms with van der Waals surface area (Å²) in [6, 6.07) is 14.2. The first-order chi connectivity index (χ1) is 20.8. The highest BCUT2D eigenvalue weighted by Gasteiger charge is 2.63. The Hall–Kier alpha value is -3.71. The molecule has 5 rings (SSSR count). The quantitative estimate of drug-likeness (QED) is 0.350. The van der Waals surface area contributed by atoms with Crippen molar-refractivity contribution in [2.45, 2.75) is 36.0 Å². The second-order valence-electron chi connectivity index (χ2n) is 11.2. The Bertz CT molecular complexity index is 1700. The molecule has 13 heteroatoms. The fraction of sp³-hybridized carbons (Fsp3) is 0.355. The number of carbonyl (C=O) groups excluding carboxylic acids is 2. The molecule has 1 unspecified atom stereocenters. The van der Waals surface area contributed by atoms with Gasteiger partial charge in [0.1, 0.15) is 11.6 Å². The zero-order valence-corrected chi connectivity index (χ0v) is 26.7. The molecule has 1 saturated heterocycles. The van der Waals surface area contributed by atoms with Crippen molar-refractivity contribution in [2.75, 3.05) is 46.2 Å². The van der Waals surface area contributed by atoms with E-state index in [1.165, 1.54) is 24.1 Å². The number of rotatable bonds is 8. The molecule has 2 aliphatic heterocycles. The smallest absolute Gasteiger partial charge is 0.410 e. The zero-order chi connectivity index (χ0) is 32.0. The van der Waals surface area contributed by atoms with Crippen LogP contribution in [0.3, 0.4) is 0 Å². The van der Waals surface area contributed by atoms with Gasteiger partial charge in [0.2, 0.25) is 0 Å². The lowest BCUT2D eigenvalue weighted by Crippen LogP contribution is -2.57. The molecule has 3 aromatic rings. The van der Waals surface area contributed by atoms with E-state index in [1.54, 1.807) is 31.1 Å². The highest BCUT2D eigenvalue weighted by Crippen LogP contribution is 2.55. The standard InChI is InChI=1S/C31H34ClFN4O6S/c1-34(2)19-20-8-15-27(42-5)25(17-20)31(36-16-6-7-28(36)43-30(39)35(3)4)24-18-21(32)9-14-26(24)37(29(31)38)44(40,41)23-12-10-22(33)11-13-23/h8-15,17-18,28H,6-7,16,19H2,1-5H3/t28-,31?/m0/s1. The summed E-state index contributed by atoms with van der Waals surface area (Å²) in [5.74, 6) is -1.12. The molecule has 2 aliphatic rings. The van der Waals surface area contributed by atoms with Gasteiger partial charge in [0.05, 0.1) is 17.7 Å². The predicted molar refractivity (Wildman–Crippen MR) is 164 cm³/mol. The van der Waals surface area contributed by atoms with Crippen LogP contribution in [-0.2, 0) is 31.6 Å². The number of methoxy groups -OCH3 is 1. The Labute approximate surface area is 261 Å². The van der Waals surface area contributed by atoms with E-state index in [-0.39, 0.29) is 27.7 Å². The van der Waals surface area contributed by atoms with Gasteiger partial charge in [-0.05, 0) is 87.1 Å². The second-order valence-corrected chi connectivity index (χ2v) is 13.5. The van der Waals surface area contributed by atoms with Crippen molar-refractivity contribution in [3.8, 4) is 5.75 Å². The number of hydrogen-bond donors (Lipinski definition) is 0. The van der Waals surface area contributed by atoms with Gasteiger partial charge in [0, 0.05) is 43.3 Å². The normalized spacial score (nSPS) is 20.2. The van der Waals surface area contributed by atoms with Gasteiger partial charge < -0.3 is 19.3 Å². The van der Waals surface area contributed by atoms with Crippen molar-refractivity contribution in [1.82, 2.24) is 14.7 Å². The number of anilines is 1. The molecule has 0 aromatic heterocycles. The largest absolute Gasteiger partial charge is 0.496 e. The Kier molecular flexibility index (Phi) is 8.65. The molecule has 2 amide bonds. The number of hydrogen-bond acceptors (Lipinski definition) is 8. The summed E-state index contributed by atoms with van der Waals surface area (Å²) in [4.78, 5) is 32.7. The SMILES string of the molecule is COc1ccc(CN(C)C)cc1C1(N2CCC[C@@H]2OC(=O)N(C)C)C(=O)N(S(=O)(=O)c2ccc(F)cc2)c2ccc(Cl)cc21. The van der Waals surface area contributed by atoms with Crippen LogP contribution >= 0.6 is 11.6 Å². The number of sulfonamides is 1. The minimum Gasteiger partial charge on any atom is -0.496 e. The first-order valence-corrected chi connectivity index (χ1v) is 15.8. The number of benzene rings is 3. The zero-order valence-electron chi connectivity index (χ0n) is 25.1. The number of fused-ring (bicyclic) bond motifs is 1. The van der Waals surface area contributed by atoms with Gasteiger partial charge in [-0.2, -0.15) is 0 Å². The van der Waals surface area contributed by atoms with E-state index >= 15 is 4.79 Å². The van der Waals surface area contributed by atoms with E-state index in [1.807, 2.05) is 31.1 Å². The molecule has 1 fully saturated rings. The molecule has 0 N–H and O–H groups in total. The summed E-state index contributed by atoms with van der Waals surface area (Å²) in [5.41, 5.74) is -0.267. The van der Waals surface area contributed by atoms with Crippen LogP contribution in [0.25, 0.3) is 0 Å². The van der Waals surface area contributed by atoms with Crippen LogP contribution in [0, 0.1) is 5.82 Å². The lowest BCUT2D eigenvalue weighted by Gasteiger charge is -2.41. The second kappa shape index (κ2) is 12.0. The molecular weight excluding hydrogens is 611 g/mol. The highest BCUT2D eigenvalue weighted by molar-refractivity contribution is 7.93. The van der Waals surface area contributed by atoms with Crippen molar-refractivity contribution in [2.24, 2.45) is 0 Å². The van der Waals surface area contributed by atoms with Crippen molar-refractivity contribution in [1.29, 1.82) is 0 Å². The van der Waals surface area contributed by atoms with Crippen LogP contribution in [0.1, 0.15) is 29.5 Å². The molecule has 2 atom stereocenters. The van der Waals surface area contributed by atoms with Gasteiger partial charge in [0.15, 0.2) is 11.8 Å². The van der Waals surface area contributed by atoms with Gasteiger partial charge in [-0.25, -0.2) is 26.8 Å². The van der Waals surface area contributed by atoms with Gasteiger partial charge in [-0.3, -0.25) is 4.79 Å². The molecular formula is C31H34ClFN4O6S. The molecule has 2 heterocycles. The third-order valence-electron chi connectivity index (χ3n) is 7.80. The van der Waals surface area contributed by atoms with Crippen molar-refractivity contribution in [3.63, 3.8) is 0 Å². The number of carbonyl (C=O) groups is 2. The maximum absolute atomic E-state index is 15.2. The summed E-state index contributed by atoms with van der Waals surface area (Å²) in [5, 5.41) is 0.270. The maximum Gasteiger partial charge on any atom is 0.410 e. The van der Waals surface area contributed by atoms with Crippen molar-refractivity contribution >= 4 is 39.3 Å². The summed E-state index contributed by atoms with van der Waals surface area (Å²) < 4.78 is 54.8. The number of halogens is 2. The van der Waals surface area contributed by atoms with Crippen LogP contribution in [0.15, 0.2) is 65.6 Å². The molecule has 44 heavy (non-hydrogen) atoms. The van der Waals surface area contributed by atoms with E-state index in [2.05, 4.69) is 0 Å². The number of nitrogens with zero attached hydrogens (tertiary/aromatic N) is 4. The lowest BCUT2D eigenvalue weighted by molar-refractivity contribution is -0.132. The number of amides is 2. The summed E-state index contributed by atoms with van der Waals surface area (Å²) >= 11 is 6.56. The van der Waals surface area contributed by atoms with Crippen molar-refractivity contribution in [3.05, 3.63) is 88.2 Å². The molecule has 0 radical (unpaired) electrons. The predicted octanol–water partition coefficient (Wildman–Crippen LogP) is 4.65. The molecule has 0 bridgehead atoms. The molecule has 3 aromatic carbocycles. The third-order valence-corrected chi connectivity index (χ3v) is 9.74. The van der Waals surface area contributed by atoms with E-state index in [0.29, 0.717) is 30.7 Å². The summed E-state index contributed by atoms with van der Waals surface area (Å²) in [7, 11) is 3.83. The third kappa shape index (κ3) is 5.29. The Morgan fingerprint density at radius 3 is 2.39 bits per heavy atom. The Balaban J connectivity index is 1.84. The van der Waals surface area contributed by atoms with Crippen molar-refractivity contribution < 1.29 is 31.9 Å². The fourth-order valence-electron chi connectivity index (χ4n) is 5.96. The number of likely N-dealkylation sites (tertiary alicyclic amines) is 1. The van der Waals surface area contributed by atoms with E-state index in [4.69, 9.17) is 21.1 Å². The fourth-order valence-corrected chi connectivity index (χ4v) is 7.59. The summed E-state index contributed by atoms with van der Waals surface area (Å²) in [6.45, 7) is 0.800.